The van der Waals surface area contributed by atoms with Crippen LogP contribution in [0.3, 0.4) is 0 Å². The fourth-order valence-electron chi connectivity index (χ4n) is 3.18. The zero-order valence-electron chi connectivity index (χ0n) is 16.9. The summed E-state index contributed by atoms with van der Waals surface area (Å²) in [6.07, 6.45) is -0.597. The van der Waals surface area contributed by atoms with Gasteiger partial charge >= 0.3 is 0 Å². The number of nitrogens with one attached hydrogen (secondary N) is 1. The number of morpholine rings is 1. The second kappa shape index (κ2) is 11.1. The van der Waals surface area contributed by atoms with Gasteiger partial charge in [-0.05, 0) is 31.5 Å². The third-order valence-corrected chi connectivity index (χ3v) is 7.87. The second-order valence-electron chi connectivity index (χ2n) is 7.17. The number of amides is 1. The summed E-state index contributed by atoms with van der Waals surface area (Å²) >= 11 is 14.9. The molecule has 1 aromatic heterocycles. The Kier molecular flexibility index (Phi) is 8.82. The van der Waals surface area contributed by atoms with Crippen molar-refractivity contribution in [1.29, 1.82) is 0 Å². The summed E-state index contributed by atoms with van der Waals surface area (Å²) in [5, 5.41) is 13.8. The normalized spacial score (nSPS) is 18.4. The number of aromatic nitrogens is 1. The number of aliphatic hydroxyl groups excluding tert-OH is 1. The molecule has 2 N–H and O–H groups in total. The minimum Gasteiger partial charge on any atom is -0.388 e. The van der Waals surface area contributed by atoms with Gasteiger partial charge in [0.1, 0.15) is 0 Å². The van der Waals surface area contributed by atoms with E-state index >= 15 is 0 Å². The Hall–Kier alpha value is -0.870. The molecule has 2 atom stereocenters. The van der Waals surface area contributed by atoms with Crippen LogP contribution in [0.1, 0.15) is 29.2 Å². The molecule has 1 aliphatic heterocycles. The van der Waals surface area contributed by atoms with Crippen molar-refractivity contribution in [2.45, 2.75) is 36.9 Å². The van der Waals surface area contributed by atoms with E-state index in [1.807, 2.05) is 25.1 Å². The Morgan fingerprint density at radius 1 is 1.47 bits per heavy atom. The molecule has 1 fully saturated rings. The van der Waals surface area contributed by atoms with Crippen molar-refractivity contribution in [2.24, 2.45) is 0 Å². The monoisotopic (exact) mass is 489 g/mol. The van der Waals surface area contributed by atoms with Gasteiger partial charge in [0.2, 0.25) is 5.91 Å². The van der Waals surface area contributed by atoms with Gasteiger partial charge in [-0.15, -0.1) is 11.3 Å². The first-order chi connectivity index (χ1) is 14.3. The van der Waals surface area contributed by atoms with Gasteiger partial charge in [-0.25, -0.2) is 4.98 Å². The highest BCUT2D eigenvalue weighted by atomic mass is 35.5. The van der Waals surface area contributed by atoms with E-state index in [1.54, 1.807) is 6.92 Å². The number of thiazole rings is 1. The smallest absolute Gasteiger partial charge is 0.230 e. The predicted molar refractivity (Wildman–Crippen MR) is 123 cm³/mol. The molecule has 164 valence electrons. The van der Waals surface area contributed by atoms with E-state index in [9.17, 15) is 9.90 Å². The van der Waals surface area contributed by atoms with Crippen LogP contribution in [-0.2, 0) is 16.1 Å². The van der Waals surface area contributed by atoms with Crippen molar-refractivity contribution in [1.82, 2.24) is 15.2 Å². The van der Waals surface area contributed by atoms with Crippen LogP contribution in [-0.4, -0.2) is 59.0 Å². The molecule has 3 rings (SSSR count). The van der Waals surface area contributed by atoms with Crippen molar-refractivity contribution in [3.63, 3.8) is 0 Å². The molecular formula is C20H25Cl2N3O3S2. The number of thioether (sulfide) groups is 1. The van der Waals surface area contributed by atoms with E-state index in [4.69, 9.17) is 27.9 Å². The number of benzene rings is 1. The van der Waals surface area contributed by atoms with Crippen LogP contribution in [0.4, 0.5) is 0 Å². The maximum atomic E-state index is 12.2. The van der Waals surface area contributed by atoms with Crippen LogP contribution in [0.5, 0.6) is 0 Å². The molecule has 10 heteroatoms. The second-order valence-corrected chi connectivity index (χ2v) is 10.2. The third kappa shape index (κ3) is 6.82. The van der Waals surface area contributed by atoms with E-state index in [0.29, 0.717) is 23.2 Å². The first kappa shape index (κ1) is 23.8. The van der Waals surface area contributed by atoms with E-state index in [-0.39, 0.29) is 17.8 Å². The van der Waals surface area contributed by atoms with Crippen molar-refractivity contribution in [2.75, 3.05) is 32.0 Å². The van der Waals surface area contributed by atoms with Crippen LogP contribution in [0.25, 0.3) is 0 Å². The van der Waals surface area contributed by atoms with Crippen LogP contribution >= 0.6 is 46.3 Å². The fraction of sp³-hybridized carbons (Fsp3) is 0.500. The minimum atomic E-state index is -0.541. The standard InChI is InChI=1S/C20H25Cl2N3O3S2/c1-12-19(13(2)26)30-20(24-12)29-11-18(27)23-8-15-10-25(5-6-28-15)9-14-3-4-16(21)17(22)7-14/h3-4,7,13,15,26H,5-6,8-11H2,1-2H3,(H,23,27)/t13-,15-/m0/s1. The number of halogens is 2. The quantitative estimate of drug-likeness (QED) is 0.547. The number of hydrogen-bond acceptors (Lipinski definition) is 7. The molecule has 0 aliphatic carbocycles. The van der Waals surface area contributed by atoms with Crippen molar-refractivity contribution >= 4 is 52.2 Å². The number of carbonyl (C=O) groups is 1. The zero-order valence-corrected chi connectivity index (χ0v) is 20.0. The molecule has 30 heavy (non-hydrogen) atoms. The number of carbonyl (C=O) groups excluding carboxylic acids is 1. The zero-order chi connectivity index (χ0) is 21.7. The average molecular weight is 490 g/mol. The summed E-state index contributed by atoms with van der Waals surface area (Å²) in [7, 11) is 0. The Balaban J connectivity index is 1.42. The first-order valence-corrected chi connectivity index (χ1v) is 12.2. The van der Waals surface area contributed by atoms with Crippen LogP contribution in [0.15, 0.2) is 22.5 Å². The summed E-state index contributed by atoms with van der Waals surface area (Å²) in [5.41, 5.74) is 1.91. The van der Waals surface area contributed by atoms with Crippen LogP contribution in [0.2, 0.25) is 10.0 Å². The summed E-state index contributed by atoms with van der Waals surface area (Å²) in [6.45, 7) is 7.00. The molecule has 0 unspecified atom stereocenters. The Morgan fingerprint density at radius 2 is 2.27 bits per heavy atom. The van der Waals surface area contributed by atoms with Gasteiger partial charge < -0.3 is 15.2 Å². The summed E-state index contributed by atoms with van der Waals surface area (Å²) < 4.78 is 6.59. The Morgan fingerprint density at radius 3 is 2.97 bits per heavy atom. The number of rotatable bonds is 8. The summed E-state index contributed by atoms with van der Waals surface area (Å²) in [6, 6.07) is 5.67. The molecule has 0 radical (unpaired) electrons. The highest BCUT2D eigenvalue weighted by Crippen LogP contribution is 2.31. The average Bonchev–Trinajstić information content (AvgIpc) is 3.09. The van der Waals surface area contributed by atoms with Gasteiger partial charge in [-0.2, -0.15) is 0 Å². The Bertz CT molecular complexity index is 879. The maximum absolute atomic E-state index is 12.2. The molecule has 0 bridgehead atoms. The highest BCUT2D eigenvalue weighted by molar-refractivity contribution is 8.01. The van der Waals surface area contributed by atoms with Crippen LogP contribution < -0.4 is 5.32 Å². The summed E-state index contributed by atoms with van der Waals surface area (Å²) in [4.78, 5) is 19.8. The lowest BCUT2D eigenvalue weighted by atomic mass is 10.2. The number of aliphatic hydroxyl groups is 1. The first-order valence-electron chi connectivity index (χ1n) is 9.64. The van der Waals surface area contributed by atoms with Gasteiger partial charge in [-0.3, -0.25) is 9.69 Å². The SMILES string of the molecule is Cc1nc(SCC(=O)NC[C@H]2CN(Cc3ccc(Cl)c(Cl)c3)CCO2)sc1[C@H](C)O. The molecule has 0 spiro atoms. The van der Waals surface area contributed by atoms with Gasteiger partial charge in [0.05, 0.1) is 45.2 Å². The molecule has 6 nitrogen and oxygen atoms in total. The van der Waals surface area contributed by atoms with Gasteiger partial charge in [0.25, 0.3) is 0 Å². The van der Waals surface area contributed by atoms with Gasteiger partial charge in [0.15, 0.2) is 4.34 Å². The number of aryl methyl sites for hydroxylation is 1. The number of ether oxygens (including phenoxy) is 1. The lowest BCUT2D eigenvalue weighted by molar-refractivity contribution is -0.119. The third-order valence-electron chi connectivity index (χ3n) is 4.66. The lowest BCUT2D eigenvalue weighted by Crippen LogP contribution is -2.47. The van der Waals surface area contributed by atoms with Crippen molar-refractivity contribution < 1.29 is 14.6 Å². The molecule has 1 aromatic carbocycles. The Labute approximate surface area is 194 Å². The van der Waals surface area contributed by atoms with Crippen LogP contribution in [0, 0.1) is 6.92 Å². The minimum absolute atomic E-state index is 0.0561. The predicted octanol–water partition coefficient (Wildman–Crippen LogP) is 3.92. The largest absolute Gasteiger partial charge is 0.388 e. The van der Waals surface area contributed by atoms with E-state index < -0.39 is 6.10 Å². The van der Waals surface area contributed by atoms with E-state index in [2.05, 4.69) is 15.2 Å². The van der Waals surface area contributed by atoms with Crippen molar-refractivity contribution in [3.8, 4) is 0 Å². The molecule has 2 aromatic rings. The number of hydrogen-bond donors (Lipinski definition) is 2. The topological polar surface area (TPSA) is 74.7 Å². The highest BCUT2D eigenvalue weighted by Gasteiger charge is 2.21. The molecular weight excluding hydrogens is 465 g/mol. The number of nitrogens with zero attached hydrogens (tertiary/aromatic N) is 2. The van der Waals surface area contributed by atoms with Gasteiger partial charge in [0, 0.05) is 26.2 Å². The maximum Gasteiger partial charge on any atom is 0.230 e. The van der Waals surface area contributed by atoms with Crippen molar-refractivity contribution in [3.05, 3.63) is 44.4 Å². The molecule has 1 amide bonds. The molecule has 0 saturated carbocycles. The molecule has 1 saturated heterocycles. The van der Waals surface area contributed by atoms with E-state index in [1.165, 1.54) is 23.1 Å². The fourth-order valence-corrected chi connectivity index (χ4v) is 5.48. The summed E-state index contributed by atoms with van der Waals surface area (Å²) in [5.74, 6) is 0.225. The van der Waals surface area contributed by atoms with Gasteiger partial charge in [-0.1, -0.05) is 41.0 Å². The molecule has 2 heterocycles. The lowest BCUT2D eigenvalue weighted by Gasteiger charge is -2.33. The molecule has 1 aliphatic rings. The van der Waals surface area contributed by atoms with E-state index in [0.717, 1.165) is 40.1 Å².